The molecular weight excluding hydrogens is 339 g/mol. The molecule has 1 saturated heterocycles. The molecule has 26 heavy (non-hydrogen) atoms. The van der Waals surface area contributed by atoms with Gasteiger partial charge in [0.2, 0.25) is 0 Å². The molecule has 3 heterocycles. The minimum atomic E-state index is -1.08. The first-order valence-electron chi connectivity index (χ1n) is 8.31. The highest BCUT2D eigenvalue weighted by molar-refractivity contribution is 5.86. The van der Waals surface area contributed by atoms with Crippen molar-refractivity contribution in [3.63, 3.8) is 0 Å². The largest absolute Gasteiger partial charge is 0.390 e. The zero-order valence-electron chi connectivity index (χ0n) is 14.0. The van der Waals surface area contributed by atoms with Crippen molar-refractivity contribution in [2.24, 2.45) is 5.92 Å². The van der Waals surface area contributed by atoms with Crippen LogP contribution >= 0.6 is 0 Å². The van der Waals surface area contributed by atoms with Crippen LogP contribution in [0.3, 0.4) is 0 Å². The van der Waals surface area contributed by atoms with E-state index < -0.39 is 30.4 Å². The molecule has 0 amide bonds. The summed E-state index contributed by atoms with van der Waals surface area (Å²) in [6, 6.07) is 7.27. The Bertz CT molecular complexity index is 930. The van der Waals surface area contributed by atoms with Crippen LogP contribution in [-0.4, -0.2) is 37.0 Å². The lowest BCUT2D eigenvalue weighted by Crippen LogP contribution is -2.31. The van der Waals surface area contributed by atoms with E-state index in [0.29, 0.717) is 22.4 Å². The number of aliphatic hydroxyl groups is 2. The first-order chi connectivity index (χ1) is 12.5. The van der Waals surface area contributed by atoms with Crippen molar-refractivity contribution >= 4 is 16.9 Å². The summed E-state index contributed by atoms with van der Waals surface area (Å²) in [7, 11) is 0. The highest BCUT2D eigenvalue weighted by Crippen LogP contribution is 2.41. The number of aliphatic hydroxyl groups excluding tert-OH is 2. The number of hydrogen-bond acceptors (Lipinski definition) is 6. The quantitative estimate of drug-likeness (QED) is 0.659. The van der Waals surface area contributed by atoms with Gasteiger partial charge in [-0.1, -0.05) is 19.1 Å². The molecule has 1 fully saturated rings. The fourth-order valence-electron chi connectivity index (χ4n) is 3.46. The van der Waals surface area contributed by atoms with E-state index in [-0.39, 0.29) is 5.92 Å². The Morgan fingerprint density at radius 3 is 2.69 bits per heavy atom. The van der Waals surface area contributed by atoms with Crippen molar-refractivity contribution < 1.29 is 19.3 Å². The van der Waals surface area contributed by atoms with Crippen molar-refractivity contribution in [1.29, 1.82) is 0 Å². The van der Waals surface area contributed by atoms with Crippen LogP contribution in [0.25, 0.3) is 11.0 Å². The molecule has 0 aliphatic carbocycles. The Morgan fingerprint density at radius 2 is 1.96 bits per heavy atom. The van der Waals surface area contributed by atoms with E-state index in [1.807, 2.05) is 6.92 Å². The van der Waals surface area contributed by atoms with Crippen molar-refractivity contribution in [2.75, 3.05) is 5.73 Å². The molecule has 1 aromatic carbocycles. The Hall–Kier alpha value is -2.55. The number of rotatable bonds is 3. The minimum absolute atomic E-state index is 0.304. The zero-order valence-corrected chi connectivity index (χ0v) is 14.0. The molecule has 4 N–H and O–H groups in total. The van der Waals surface area contributed by atoms with Crippen LogP contribution in [0.2, 0.25) is 0 Å². The van der Waals surface area contributed by atoms with Crippen molar-refractivity contribution in [3.05, 3.63) is 54.2 Å². The summed E-state index contributed by atoms with van der Waals surface area (Å²) in [6.07, 6.45) is -0.226. The first-order valence-corrected chi connectivity index (χ1v) is 8.31. The molecule has 0 spiro atoms. The maximum atomic E-state index is 13.1. The van der Waals surface area contributed by atoms with Gasteiger partial charge in [0.05, 0.1) is 11.5 Å². The topological polar surface area (TPSA) is 106 Å². The lowest BCUT2D eigenvalue weighted by Gasteiger charge is -2.22. The second-order valence-corrected chi connectivity index (χ2v) is 6.56. The van der Waals surface area contributed by atoms with Crippen molar-refractivity contribution in [2.45, 2.75) is 31.5 Å². The number of aromatic nitrogens is 3. The van der Waals surface area contributed by atoms with Gasteiger partial charge in [0, 0.05) is 12.1 Å². The van der Waals surface area contributed by atoms with Crippen LogP contribution < -0.4 is 5.73 Å². The molecule has 7 nitrogen and oxygen atoms in total. The molecular formula is C18H19FN4O3. The summed E-state index contributed by atoms with van der Waals surface area (Å²) >= 11 is 0. The molecule has 3 aromatic rings. The molecule has 4 rings (SSSR count). The monoisotopic (exact) mass is 358 g/mol. The van der Waals surface area contributed by atoms with Gasteiger partial charge in [-0.25, -0.2) is 14.4 Å². The highest BCUT2D eigenvalue weighted by atomic mass is 19.1. The summed E-state index contributed by atoms with van der Waals surface area (Å²) in [6.45, 7) is 1.84. The molecule has 1 aliphatic rings. The average Bonchev–Trinajstić information content (AvgIpc) is 3.18. The molecule has 136 valence electrons. The number of nitrogen functional groups attached to an aromatic ring is 1. The summed E-state index contributed by atoms with van der Waals surface area (Å²) < 4.78 is 20.9. The van der Waals surface area contributed by atoms with E-state index >= 15 is 0 Å². The molecule has 0 radical (unpaired) electrons. The number of fused-ring (bicyclic) bond motifs is 1. The fourth-order valence-corrected chi connectivity index (χ4v) is 3.46. The first kappa shape index (κ1) is 16.9. The Morgan fingerprint density at radius 1 is 1.23 bits per heavy atom. The van der Waals surface area contributed by atoms with Gasteiger partial charge in [0.15, 0.2) is 0 Å². The minimum Gasteiger partial charge on any atom is -0.390 e. The number of nitrogens with zero attached hydrogens (tertiary/aromatic N) is 3. The van der Waals surface area contributed by atoms with E-state index in [1.165, 1.54) is 30.6 Å². The van der Waals surface area contributed by atoms with Crippen LogP contribution in [-0.2, 0) is 4.74 Å². The standard InChI is InChI=1S/C18H19FN4O3/c1-9-13(24)15(14(25)10-2-4-11(19)5-3-10)26-18(9)23-7-6-12-16(20)21-8-22-17(12)23/h2-9,13-15,18,24-25H,1H3,(H2,20,21,22). The van der Waals surface area contributed by atoms with Gasteiger partial charge in [0.1, 0.15) is 42.0 Å². The molecule has 0 bridgehead atoms. The second kappa shape index (κ2) is 6.31. The Kier molecular flexibility index (Phi) is 4.10. The SMILES string of the molecule is CC1C(O)C(C(O)c2ccc(F)cc2)OC1n1ccc2c(N)ncnc21. The van der Waals surface area contributed by atoms with E-state index in [4.69, 9.17) is 10.5 Å². The summed E-state index contributed by atoms with van der Waals surface area (Å²) in [4.78, 5) is 8.21. The maximum Gasteiger partial charge on any atom is 0.147 e. The van der Waals surface area contributed by atoms with Gasteiger partial charge in [-0.2, -0.15) is 0 Å². The lowest BCUT2D eigenvalue weighted by molar-refractivity contribution is -0.0833. The average molecular weight is 358 g/mol. The Balaban J connectivity index is 1.65. The van der Waals surface area contributed by atoms with Gasteiger partial charge in [-0.15, -0.1) is 0 Å². The van der Waals surface area contributed by atoms with Crippen LogP contribution in [0.5, 0.6) is 0 Å². The molecule has 5 unspecified atom stereocenters. The lowest BCUT2D eigenvalue weighted by atomic mass is 9.95. The van der Waals surface area contributed by atoms with E-state index in [0.717, 1.165) is 0 Å². The third kappa shape index (κ3) is 2.63. The number of hydrogen-bond donors (Lipinski definition) is 3. The summed E-state index contributed by atoms with van der Waals surface area (Å²) in [5.41, 5.74) is 6.94. The van der Waals surface area contributed by atoms with E-state index in [9.17, 15) is 14.6 Å². The Labute approximate surface area is 148 Å². The second-order valence-electron chi connectivity index (χ2n) is 6.56. The van der Waals surface area contributed by atoms with Crippen LogP contribution in [0.4, 0.5) is 10.2 Å². The predicted molar refractivity (Wildman–Crippen MR) is 92.4 cm³/mol. The maximum absolute atomic E-state index is 13.1. The van der Waals surface area contributed by atoms with Gasteiger partial charge in [-0.3, -0.25) is 0 Å². The predicted octanol–water partition coefficient (Wildman–Crippen LogP) is 1.78. The van der Waals surface area contributed by atoms with Gasteiger partial charge >= 0.3 is 0 Å². The van der Waals surface area contributed by atoms with Crippen LogP contribution in [0.15, 0.2) is 42.9 Å². The zero-order chi connectivity index (χ0) is 18.4. The molecule has 8 heteroatoms. The molecule has 0 saturated carbocycles. The van der Waals surface area contributed by atoms with Gasteiger partial charge in [-0.05, 0) is 23.8 Å². The number of benzene rings is 1. The van der Waals surface area contributed by atoms with E-state index in [1.54, 1.807) is 16.8 Å². The van der Waals surface area contributed by atoms with Gasteiger partial charge in [0.25, 0.3) is 0 Å². The third-order valence-electron chi connectivity index (χ3n) is 4.96. The van der Waals surface area contributed by atoms with Crippen molar-refractivity contribution in [3.8, 4) is 0 Å². The van der Waals surface area contributed by atoms with Gasteiger partial charge < -0.3 is 25.3 Å². The van der Waals surface area contributed by atoms with E-state index in [2.05, 4.69) is 9.97 Å². The number of ether oxygens (including phenoxy) is 1. The highest BCUT2D eigenvalue weighted by Gasteiger charge is 2.45. The third-order valence-corrected chi connectivity index (χ3v) is 4.96. The molecule has 1 aliphatic heterocycles. The number of halogens is 1. The van der Waals surface area contributed by atoms with Crippen LogP contribution in [0.1, 0.15) is 24.8 Å². The number of nitrogens with two attached hydrogens (primary N) is 1. The smallest absolute Gasteiger partial charge is 0.147 e. The number of anilines is 1. The molecule has 5 atom stereocenters. The molecule has 2 aromatic heterocycles. The normalized spacial score (nSPS) is 27.1. The van der Waals surface area contributed by atoms with Crippen molar-refractivity contribution in [1.82, 2.24) is 14.5 Å². The summed E-state index contributed by atoms with van der Waals surface area (Å²) in [5, 5.41) is 21.9. The summed E-state index contributed by atoms with van der Waals surface area (Å²) in [5.74, 6) is -0.332. The fraction of sp³-hybridized carbons (Fsp3) is 0.333. The van der Waals surface area contributed by atoms with Crippen LogP contribution in [0, 0.1) is 11.7 Å².